The van der Waals surface area contributed by atoms with Crippen LogP contribution in [0, 0.1) is 11.3 Å². The fourth-order valence-electron chi connectivity index (χ4n) is 4.82. The minimum Gasteiger partial charge on any atom is -0.395 e. The highest BCUT2D eigenvalue weighted by Gasteiger charge is 2.48. The van der Waals surface area contributed by atoms with Crippen molar-refractivity contribution >= 4 is 5.91 Å². The van der Waals surface area contributed by atoms with Crippen molar-refractivity contribution in [3.63, 3.8) is 0 Å². The van der Waals surface area contributed by atoms with Crippen LogP contribution < -0.4 is 0 Å². The highest BCUT2D eigenvalue weighted by molar-refractivity contribution is 5.82. The molecule has 150 valence electrons. The standard InChI is InChI=1S/C23H20N4O3/c24-13-15-3-1-4-16(11-15)22-25-21(26-30-22)18-5-2-6-19-17(18)7-8-23(19)12-20(29)27(14-23)9-10-28/h1-6,11,28H,7-10,12,14H2/t23-/m0/s1. The third-order valence-corrected chi connectivity index (χ3v) is 6.21. The third kappa shape index (κ3) is 2.88. The molecular formula is C23H20N4O3. The number of β-amino-alcohol motifs (C(OH)–C–C–N with tert-alkyl or cyclic N) is 1. The van der Waals surface area contributed by atoms with Crippen LogP contribution in [0.4, 0.5) is 0 Å². The number of hydrogen-bond donors (Lipinski definition) is 1. The maximum absolute atomic E-state index is 12.5. The molecule has 1 amide bonds. The number of carbonyl (C=O) groups excluding carboxylic acids is 1. The zero-order valence-electron chi connectivity index (χ0n) is 16.3. The molecule has 7 nitrogen and oxygen atoms in total. The molecule has 5 rings (SSSR count). The summed E-state index contributed by atoms with van der Waals surface area (Å²) in [6, 6.07) is 15.3. The van der Waals surface area contributed by atoms with Crippen molar-refractivity contribution in [3.8, 4) is 28.9 Å². The quantitative estimate of drug-likeness (QED) is 0.722. The van der Waals surface area contributed by atoms with Gasteiger partial charge in [-0.1, -0.05) is 29.4 Å². The molecule has 2 heterocycles. The van der Waals surface area contributed by atoms with Crippen LogP contribution in [-0.4, -0.2) is 45.8 Å². The van der Waals surface area contributed by atoms with Crippen LogP contribution in [0.25, 0.3) is 22.8 Å². The molecule has 1 fully saturated rings. The molecular weight excluding hydrogens is 380 g/mol. The summed E-state index contributed by atoms with van der Waals surface area (Å²) in [4.78, 5) is 18.8. The van der Waals surface area contributed by atoms with Crippen LogP contribution in [0.3, 0.4) is 0 Å². The van der Waals surface area contributed by atoms with E-state index in [1.807, 2.05) is 18.2 Å². The Morgan fingerprint density at radius 2 is 2.13 bits per heavy atom. The molecule has 1 aromatic heterocycles. The van der Waals surface area contributed by atoms with E-state index in [1.165, 1.54) is 5.56 Å². The smallest absolute Gasteiger partial charge is 0.258 e. The summed E-state index contributed by atoms with van der Waals surface area (Å²) >= 11 is 0. The molecule has 0 unspecified atom stereocenters. The van der Waals surface area contributed by atoms with Gasteiger partial charge in [0.25, 0.3) is 5.89 Å². The summed E-state index contributed by atoms with van der Waals surface area (Å²) in [6.45, 7) is 1.00. The number of nitriles is 1. The lowest BCUT2D eigenvalue weighted by Crippen LogP contribution is -2.32. The van der Waals surface area contributed by atoms with Gasteiger partial charge in [-0.15, -0.1) is 0 Å². The summed E-state index contributed by atoms with van der Waals surface area (Å²) in [5.74, 6) is 0.983. The molecule has 2 aromatic carbocycles. The summed E-state index contributed by atoms with van der Waals surface area (Å²) in [5, 5.41) is 22.6. The van der Waals surface area contributed by atoms with E-state index in [9.17, 15) is 9.90 Å². The number of fused-ring (bicyclic) bond motifs is 2. The molecule has 3 aromatic rings. The normalized spacial score (nSPS) is 20.0. The van der Waals surface area contributed by atoms with Crippen LogP contribution in [0.5, 0.6) is 0 Å². The van der Waals surface area contributed by atoms with E-state index < -0.39 is 0 Å². The van der Waals surface area contributed by atoms with Gasteiger partial charge < -0.3 is 14.5 Å². The molecule has 30 heavy (non-hydrogen) atoms. The fraction of sp³-hybridized carbons (Fsp3) is 0.304. The Labute approximate surface area is 173 Å². The van der Waals surface area contributed by atoms with Gasteiger partial charge in [0.2, 0.25) is 11.7 Å². The van der Waals surface area contributed by atoms with Gasteiger partial charge in [0.05, 0.1) is 18.2 Å². The van der Waals surface area contributed by atoms with Crippen LogP contribution >= 0.6 is 0 Å². The van der Waals surface area contributed by atoms with Crippen molar-refractivity contribution in [2.24, 2.45) is 0 Å². The van der Waals surface area contributed by atoms with Gasteiger partial charge in [0.1, 0.15) is 0 Å². The number of nitrogens with zero attached hydrogens (tertiary/aromatic N) is 4. The second-order valence-corrected chi connectivity index (χ2v) is 7.94. The van der Waals surface area contributed by atoms with Crippen LogP contribution in [0.15, 0.2) is 47.0 Å². The number of likely N-dealkylation sites (tertiary alicyclic amines) is 1. The Morgan fingerprint density at radius 3 is 2.97 bits per heavy atom. The third-order valence-electron chi connectivity index (χ3n) is 6.21. The number of aromatic nitrogens is 2. The van der Waals surface area contributed by atoms with Gasteiger partial charge in [-0.05, 0) is 42.2 Å². The second kappa shape index (κ2) is 7.08. The number of amides is 1. The first-order chi connectivity index (χ1) is 14.6. The average Bonchev–Trinajstić information content (AvgIpc) is 3.47. The van der Waals surface area contributed by atoms with E-state index >= 15 is 0 Å². The first kappa shape index (κ1) is 18.5. The lowest BCUT2D eigenvalue weighted by molar-refractivity contribution is -0.128. The Balaban J connectivity index is 1.50. The van der Waals surface area contributed by atoms with E-state index in [0.29, 0.717) is 42.4 Å². The molecule has 1 saturated heterocycles. The van der Waals surface area contributed by atoms with E-state index in [-0.39, 0.29) is 17.9 Å². The molecule has 0 saturated carbocycles. The largest absolute Gasteiger partial charge is 0.395 e. The van der Waals surface area contributed by atoms with Gasteiger partial charge in [0.15, 0.2) is 0 Å². The van der Waals surface area contributed by atoms with Gasteiger partial charge in [-0.3, -0.25) is 4.79 Å². The van der Waals surface area contributed by atoms with E-state index in [4.69, 9.17) is 9.78 Å². The van der Waals surface area contributed by atoms with Gasteiger partial charge >= 0.3 is 0 Å². The molecule has 0 bridgehead atoms. The fourth-order valence-corrected chi connectivity index (χ4v) is 4.82. The topological polar surface area (TPSA) is 103 Å². The van der Waals surface area contributed by atoms with E-state index in [1.54, 1.807) is 23.1 Å². The predicted molar refractivity (Wildman–Crippen MR) is 108 cm³/mol. The molecule has 1 aliphatic heterocycles. The van der Waals surface area contributed by atoms with Crippen molar-refractivity contribution in [2.45, 2.75) is 24.7 Å². The number of aliphatic hydroxyl groups excluding tert-OH is 1. The molecule has 2 aliphatic rings. The van der Waals surface area contributed by atoms with E-state index in [0.717, 1.165) is 24.0 Å². The number of hydrogen-bond acceptors (Lipinski definition) is 6. The van der Waals surface area contributed by atoms with E-state index in [2.05, 4.69) is 22.3 Å². The van der Waals surface area contributed by atoms with Gasteiger partial charge in [0, 0.05) is 36.1 Å². The minimum absolute atomic E-state index is 0.0205. The lowest BCUT2D eigenvalue weighted by atomic mass is 9.80. The Bertz CT molecular complexity index is 1180. The average molecular weight is 400 g/mol. The number of benzene rings is 2. The SMILES string of the molecule is N#Cc1cccc(-c2nc(-c3cccc4c3CC[C@@]43CC(=O)N(CCO)C3)no2)c1. The lowest BCUT2D eigenvalue weighted by Gasteiger charge is -2.24. The molecule has 7 heteroatoms. The highest BCUT2D eigenvalue weighted by Crippen LogP contribution is 2.48. The van der Waals surface area contributed by atoms with Crippen molar-refractivity contribution in [1.29, 1.82) is 5.26 Å². The maximum Gasteiger partial charge on any atom is 0.258 e. The maximum atomic E-state index is 12.5. The molecule has 1 aliphatic carbocycles. The molecule has 1 spiro atoms. The first-order valence-corrected chi connectivity index (χ1v) is 9.99. The number of aliphatic hydroxyl groups is 1. The first-order valence-electron chi connectivity index (χ1n) is 9.99. The number of rotatable bonds is 4. The van der Waals surface area contributed by atoms with Crippen molar-refractivity contribution in [2.75, 3.05) is 19.7 Å². The van der Waals surface area contributed by atoms with Crippen LogP contribution in [-0.2, 0) is 16.6 Å². The molecule has 1 atom stereocenters. The second-order valence-electron chi connectivity index (χ2n) is 7.94. The Hall–Kier alpha value is -3.50. The monoisotopic (exact) mass is 400 g/mol. The van der Waals surface area contributed by atoms with Crippen LogP contribution in [0.1, 0.15) is 29.5 Å². The summed E-state index contributed by atoms with van der Waals surface area (Å²) in [5.41, 5.74) is 4.29. The van der Waals surface area contributed by atoms with Gasteiger partial charge in [-0.2, -0.15) is 10.2 Å². The van der Waals surface area contributed by atoms with Crippen molar-refractivity contribution in [3.05, 3.63) is 59.2 Å². The zero-order chi connectivity index (χ0) is 20.7. The molecule has 1 N–H and O–H groups in total. The predicted octanol–water partition coefficient (Wildman–Crippen LogP) is 2.68. The van der Waals surface area contributed by atoms with Crippen molar-refractivity contribution < 1.29 is 14.4 Å². The summed E-state index contributed by atoms with van der Waals surface area (Å²) in [7, 11) is 0. The summed E-state index contributed by atoms with van der Waals surface area (Å²) in [6.07, 6.45) is 2.21. The van der Waals surface area contributed by atoms with Crippen LogP contribution in [0.2, 0.25) is 0 Å². The minimum atomic E-state index is -0.203. The molecule has 0 radical (unpaired) electrons. The Kier molecular flexibility index (Phi) is 4.37. The van der Waals surface area contributed by atoms with Gasteiger partial charge in [-0.25, -0.2) is 0 Å². The number of carbonyl (C=O) groups is 1. The Morgan fingerprint density at radius 1 is 1.27 bits per heavy atom. The highest BCUT2D eigenvalue weighted by atomic mass is 16.5. The zero-order valence-corrected chi connectivity index (χ0v) is 16.3. The summed E-state index contributed by atoms with van der Waals surface area (Å²) < 4.78 is 5.49. The van der Waals surface area contributed by atoms with Crippen molar-refractivity contribution in [1.82, 2.24) is 15.0 Å².